The minimum absolute atomic E-state index is 0.635. The van der Waals surface area contributed by atoms with Crippen molar-refractivity contribution in [2.24, 2.45) is 0 Å². The van der Waals surface area contributed by atoms with Crippen molar-refractivity contribution in [2.75, 3.05) is 32.8 Å². The molecule has 5 heteroatoms. The van der Waals surface area contributed by atoms with Gasteiger partial charge in [0.1, 0.15) is 12.0 Å². The molecule has 0 unspecified atom stereocenters. The largest absolute Gasteiger partial charge is 0.493 e. The van der Waals surface area contributed by atoms with E-state index < -0.39 is 0 Å². The lowest BCUT2D eigenvalue weighted by Gasteiger charge is -2.40. The maximum atomic E-state index is 5.77. The van der Waals surface area contributed by atoms with Gasteiger partial charge in [0.25, 0.3) is 0 Å². The van der Waals surface area contributed by atoms with Gasteiger partial charge in [-0.25, -0.2) is 4.98 Å². The Morgan fingerprint density at radius 2 is 1.85 bits per heavy atom. The molecule has 1 aromatic heterocycles. The van der Waals surface area contributed by atoms with Crippen LogP contribution in [0.2, 0.25) is 0 Å². The molecule has 5 nitrogen and oxygen atoms in total. The van der Waals surface area contributed by atoms with E-state index in [1.54, 1.807) is 6.26 Å². The monoisotopic (exact) mass is 369 g/mol. The molecule has 0 bridgehead atoms. The average Bonchev–Trinajstić information content (AvgIpc) is 3.18. The second-order valence-electron chi connectivity index (χ2n) is 7.68. The molecule has 2 aliphatic rings. The number of para-hydroxylation sites is 1. The highest BCUT2D eigenvalue weighted by Gasteiger charge is 2.26. The number of hydrogen-bond donors (Lipinski definition) is 0. The van der Waals surface area contributed by atoms with Gasteiger partial charge in [-0.3, -0.25) is 4.90 Å². The van der Waals surface area contributed by atoms with Crippen molar-refractivity contribution < 1.29 is 9.15 Å². The fourth-order valence-electron chi connectivity index (χ4n) is 4.38. The van der Waals surface area contributed by atoms with Gasteiger partial charge in [0.2, 0.25) is 5.89 Å². The highest BCUT2D eigenvalue weighted by atomic mass is 16.5. The Balaban J connectivity index is 1.34. The first-order valence-electron chi connectivity index (χ1n) is 10.5. The number of nitrogens with zero attached hydrogens (tertiary/aromatic N) is 3. The number of oxazole rings is 1. The van der Waals surface area contributed by atoms with E-state index in [0.29, 0.717) is 12.5 Å². The molecule has 2 fully saturated rings. The fraction of sp³-hybridized carbons (Fsp3) is 0.591. The van der Waals surface area contributed by atoms with Crippen molar-refractivity contribution in [3.05, 3.63) is 36.2 Å². The minimum atomic E-state index is 0.635. The zero-order valence-corrected chi connectivity index (χ0v) is 16.4. The third-order valence-corrected chi connectivity index (χ3v) is 5.82. The van der Waals surface area contributed by atoms with Crippen molar-refractivity contribution >= 4 is 0 Å². The van der Waals surface area contributed by atoms with Crippen LogP contribution in [-0.4, -0.2) is 53.6 Å². The average molecular weight is 370 g/mol. The van der Waals surface area contributed by atoms with Crippen LogP contribution in [0.3, 0.4) is 0 Å². The quantitative estimate of drug-likeness (QED) is 0.764. The first-order valence-corrected chi connectivity index (χ1v) is 10.5. The van der Waals surface area contributed by atoms with Crippen LogP contribution in [0.5, 0.6) is 5.75 Å². The Labute approximate surface area is 162 Å². The lowest BCUT2D eigenvalue weighted by molar-refractivity contribution is 0.0891. The predicted octanol–water partition coefficient (Wildman–Crippen LogP) is 4.19. The van der Waals surface area contributed by atoms with E-state index in [1.165, 1.54) is 45.2 Å². The number of likely N-dealkylation sites (tertiary alicyclic amines) is 2. The highest BCUT2D eigenvalue weighted by molar-refractivity contribution is 5.62. The number of hydrogen-bond acceptors (Lipinski definition) is 5. The standard InChI is InChI=1S/C22H31N3O2/c1-2-26-21-9-5-4-8-20(21)22-23-18(17-27-22)16-24-14-10-19(11-15-24)25-12-6-3-7-13-25/h4-5,8-9,17,19H,2-3,6-7,10-16H2,1H3. The topological polar surface area (TPSA) is 41.7 Å². The Morgan fingerprint density at radius 3 is 2.63 bits per heavy atom. The van der Waals surface area contributed by atoms with E-state index in [4.69, 9.17) is 14.1 Å². The lowest BCUT2D eigenvalue weighted by Crippen LogP contribution is -2.46. The first kappa shape index (κ1) is 18.5. The van der Waals surface area contributed by atoms with Crippen LogP contribution >= 0.6 is 0 Å². The van der Waals surface area contributed by atoms with Crippen LogP contribution in [0.4, 0.5) is 0 Å². The summed E-state index contributed by atoms with van der Waals surface area (Å²) in [6.07, 6.45) is 8.52. The fourth-order valence-corrected chi connectivity index (χ4v) is 4.38. The molecule has 146 valence electrons. The summed E-state index contributed by atoms with van der Waals surface area (Å²) < 4.78 is 11.5. The van der Waals surface area contributed by atoms with Crippen LogP contribution in [0, 0.1) is 0 Å². The van der Waals surface area contributed by atoms with E-state index in [2.05, 4.69) is 9.80 Å². The third kappa shape index (κ3) is 4.53. The molecule has 0 radical (unpaired) electrons. The van der Waals surface area contributed by atoms with Crippen molar-refractivity contribution in [1.82, 2.24) is 14.8 Å². The summed E-state index contributed by atoms with van der Waals surface area (Å²) in [6.45, 7) is 8.40. The third-order valence-electron chi connectivity index (χ3n) is 5.82. The summed E-state index contributed by atoms with van der Waals surface area (Å²) in [6, 6.07) is 8.73. The molecule has 1 aromatic carbocycles. The molecule has 0 saturated carbocycles. The summed E-state index contributed by atoms with van der Waals surface area (Å²) in [4.78, 5) is 9.96. The van der Waals surface area contributed by atoms with Crippen LogP contribution < -0.4 is 4.74 Å². The van der Waals surface area contributed by atoms with Gasteiger partial charge in [0.15, 0.2) is 0 Å². The molecule has 0 amide bonds. The molecule has 0 N–H and O–H groups in total. The Morgan fingerprint density at radius 1 is 1.07 bits per heavy atom. The summed E-state index contributed by atoms with van der Waals surface area (Å²) in [5, 5.41) is 0. The smallest absolute Gasteiger partial charge is 0.229 e. The van der Waals surface area contributed by atoms with E-state index in [-0.39, 0.29) is 0 Å². The number of benzene rings is 1. The van der Waals surface area contributed by atoms with Crippen LogP contribution in [-0.2, 0) is 6.54 Å². The van der Waals surface area contributed by atoms with E-state index >= 15 is 0 Å². The first-order chi connectivity index (χ1) is 13.3. The van der Waals surface area contributed by atoms with Crippen LogP contribution in [0.15, 0.2) is 34.9 Å². The Hall–Kier alpha value is -1.85. The summed E-state index contributed by atoms with van der Waals surface area (Å²) in [5.74, 6) is 1.48. The molecule has 27 heavy (non-hydrogen) atoms. The van der Waals surface area contributed by atoms with E-state index in [9.17, 15) is 0 Å². The second-order valence-corrected chi connectivity index (χ2v) is 7.68. The zero-order valence-electron chi connectivity index (χ0n) is 16.4. The van der Waals surface area contributed by atoms with Gasteiger partial charge in [-0.05, 0) is 57.8 Å². The molecular formula is C22H31N3O2. The summed E-state index contributed by atoms with van der Waals surface area (Å²) >= 11 is 0. The Kier molecular flexibility index (Phi) is 6.10. The van der Waals surface area contributed by atoms with E-state index in [0.717, 1.165) is 42.7 Å². The van der Waals surface area contributed by atoms with Crippen LogP contribution in [0.25, 0.3) is 11.5 Å². The van der Waals surface area contributed by atoms with Gasteiger partial charge >= 0.3 is 0 Å². The van der Waals surface area contributed by atoms with Crippen LogP contribution in [0.1, 0.15) is 44.7 Å². The maximum absolute atomic E-state index is 5.77. The summed E-state index contributed by atoms with van der Waals surface area (Å²) in [7, 11) is 0. The van der Waals surface area contributed by atoms with Gasteiger partial charge in [0, 0.05) is 25.7 Å². The van der Waals surface area contributed by atoms with Crippen molar-refractivity contribution in [3.63, 3.8) is 0 Å². The molecule has 0 atom stereocenters. The minimum Gasteiger partial charge on any atom is -0.493 e. The second kappa shape index (κ2) is 8.89. The molecule has 2 aliphatic heterocycles. The molecule has 2 aromatic rings. The number of piperidine rings is 2. The van der Waals surface area contributed by atoms with Gasteiger partial charge in [-0.15, -0.1) is 0 Å². The maximum Gasteiger partial charge on any atom is 0.229 e. The molecule has 2 saturated heterocycles. The number of rotatable bonds is 6. The molecule has 0 aliphatic carbocycles. The zero-order chi connectivity index (χ0) is 18.5. The van der Waals surface area contributed by atoms with E-state index in [1.807, 2.05) is 31.2 Å². The van der Waals surface area contributed by atoms with Gasteiger partial charge in [-0.2, -0.15) is 0 Å². The van der Waals surface area contributed by atoms with Gasteiger partial charge in [-0.1, -0.05) is 18.6 Å². The molecule has 0 spiro atoms. The number of aromatic nitrogens is 1. The Bertz CT molecular complexity index is 716. The molecule has 4 rings (SSSR count). The van der Waals surface area contributed by atoms with Crippen molar-refractivity contribution in [2.45, 2.75) is 51.6 Å². The van der Waals surface area contributed by atoms with Gasteiger partial charge < -0.3 is 14.1 Å². The highest BCUT2D eigenvalue weighted by Crippen LogP contribution is 2.29. The lowest BCUT2D eigenvalue weighted by atomic mass is 10.00. The molecule has 3 heterocycles. The normalized spacial score (nSPS) is 20.0. The molecular weight excluding hydrogens is 338 g/mol. The summed E-state index contributed by atoms with van der Waals surface area (Å²) in [5.41, 5.74) is 1.93. The predicted molar refractivity (Wildman–Crippen MR) is 107 cm³/mol. The van der Waals surface area contributed by atoms with Gasteiger partial charge in [0.05, 0.1) is 17.9 Å². The number of ether oxygens (including phenoxy) is 1. The SMILES string of the molecule is CCOc1ccccc1-c1nc(CN2CCC(N3CCCCC3)CC2)co1. The van der Waals surface area contributed by atoms with Crippen molar-refractivity contribution in [3.8, 4) is 17.2 Å². The van der Waals surface area contributed by atoms with Crippen molar-refractivity contribution in [1.29, 1.82) is 0 Å².